The summed E-state index contributed by atoms with van der Waals surface area (Å²) in [5.41, 5.74) is 0.410. The highest BCUT2D eigenvalue weighted by Crippen LogP contribution is 2.40. The van der Waals surface area contributed by atoms with Crippen LogP contribution < -0.4 is 0 Å². The highest BCUT2D eigenvalue weighted by Gasteiger charge is 2.37. The Kier molecular flexibility index (Phi) is 4.30. The van der Waals surface area contributed by atoms with Crippen LogP contribution in [-0.4, -0.2) is 44.6 Å². The number of rotatable bonds is 4. The molecule has 0 aliphatic carbocycles. The lowest BCUT2D eigenvalue weighted by atomic mass is 10.2. The van der Waals surface area contributed by atoms with Crippen molar-refractivity contribution in [3.8, 4) is 0 Å². The molecule has 18 heavy (non-hydrogen) atoms. The molecule has 1 atom stereocenters. The van der Waals surface area contributed by atoms with Crippen molar-refractivity contribution in [2.24, 2.45) is 0 Å². The lowest BCUT2D eigenvalue weighted by molar-refractivity contribution is 0.131. The van der Waals surface area contributed by atoms with Gasteiger partial charge in [-0.2, -0.15) is 4.31 Å². The molecule has 102 valence electrons. The molecule has 8 heteroatoms. The van der Waals surface area contributed by atoms with Crippen molar-refractivity contribution in [2.75, 3.05) is 26.8 Å². The first-order valence-electron chi connectivity index (χ1n) is 5.43. The van der Waals surface area contributed by atoms with E-state index < -0.39 is 16.1 Å². The molecule has 0 amide bonds. The Hall–Kier alpha value is -0.180. The Morgan fingerprint density at radius 3 is 3.06 bits per heavy atom. The molecule has 2 rings (SSSR count). The standard InChI is InChI=1S/C10H14ClNO4S2/c1-16-4-2-3-12-6-8(13)7-5-9(11)17-10(7)18(12,14)15/h5,8,13H,2-4,6H2,1H3. The van der Waals surface area contributed by atoms with E-state index in [9.17, 15) is 13.5 Å². The van der Waals surface area contributed by atoms with Gasteiger partial charge in [-0.3, -0.25) is 0 Å². The lowest BCUT2D eigenvalue weighted by Crippen LogP contribution is -2.39. The van der Waals surface area contributed by atoms with Gasteiger partial charge in [-0.25, -0.2) is 8.42 Å². The fraction of sp³-hybridized carbons (Fsp3) is 0.600. The minimum absolute atomic E-state index is 0.0755. The monoisotopic (exact) mass is 311 g/mol. The van der Waals surface area contributed by atoms with Gasteiger partial charge < -0.3 is 9.84 Å². The fourth-order valence-electron chi connectivity index (χ4n) is 1.90. The van der Waals surface area contributed by atoms with E-state index in [-0.39, 0.29) is 10.8 Å². The third-order valence-corrected chi connectivity index (χ3v) is 6.43. The first-order chi connectivity index (χ1) is 8.46. The molecule has 1 aliphatic rings. The maximum absolute atomic E-state index is 12.3. The maximum Gasteiger partial charge on any atom is 0.253 e. The SMILES string of the molecule is COCCCN1CC(O)c2cc(Cl)sc2S1(=O)=O. The Morgan fingerprint density at radius 1 is 1.67 bits per heavy atom. The van der Waals surface area contributed by atoms with Gasteiger partial charge >= 0.3 is 0 Å². The molecule has 0 spiro atoms. The quantitative estimate of drug-likeness (QED) is 0.855. The van der Waals surface area contributed by atoms with Gasteiger partial charge in [0.15, 0.2) is 0 Å². The number of aliphatic hydroxyl groups excluding tert-OH is 1. The third kappa shape index (κ3) is 2.56. The van der Waals surface area contributed by atoms with Crippen molar-refractivity contribution in [2.45, 2.75) is 16.7 Å². The summed E-state index contributed by atoms with van der Waals surface area (Å²) in [7, 11) is -1.96. The van der Waals surface area contributed by atoms with E-state index in [1.807, 2.05) is 0 Å². The maximum atomic E-state index is 12.3. The number of nitrogens with zero attached hydrogens (tertiary/aromatic N) is 1. The molecule has 5 nitrogen and oxygen atoms in total. The van der Waals surface area contributed by atoms with Crippen LogP contribution in [0.4, 0.5) is 0 Å². The average Bonchev–Trinajstić information content (AvgIpc) is 2.70. The number of fused-ring (bicyclic) bond motifs is 1. The molecule has 2 heterocycles. The second kappa shape index (κ2) is 5.44. The molecular weight excluding hydrogens is 298 g/mol. The van der Waals surface area contributed by atoms with Crippen LogP contribution in [0.15, 0.2) is 10.3 Å². The van der Waals surface area contributed by atoms with E-state index in [1.54, 1.807) is 7.11 Å². The molecule has 0 aromatic carbocycles. The highest BCUT2D eigenvalue weighted by atomic mass is 35.5. The van der Waals surface area contributed by atoms with Crippen LogP contribution in [0.2, 0.25) is 4.34 Å². The molecule has 1 aromatic rings. The zero-order valence-corrected chi connectivity index (χ0v) is 12.2. The molecule has 0 fully saturated rings. The van der Waals surface area contributed by atoms with Gasteiger partial charge in [0.25, 0.3) is 10.0 Å². The van der Waals surface area contributed by atoms with Crippen molar-refractivity contribution >= 4 is 33.0 Å². The summed E-state index contributed by atoms with van der Waals surface area (Å²) in [6.07, 6.45) is -0.216. The normalized spacial score (nSPS) is 22.9. The number of hydrogen-bond acceptors (Lipinski definition) is 5. The number of halogens is 1. The van der Waals surface area contributed by atoms with Crippen molar-refractivity contribution in [3.05, 3.63) is 16.0 Å². The van der Waals surface area contributed by atoms with E-state index in [0.29, 0.717) is 29.5 Å². The van der Waals surface area contributed by atoms with Gasteiger partial charge in [-0.1, -0.05) is 11.6 Å². The number of ether oxygens (including phenoxy) is 1. The van der Waals surface area contributed by atoms with Crippen LogP contribution in [0.5, 0.6) is 0 Å². The molecule has 1 aromatic heterocycles. The van der Waals surface area contributed by atoms with Gasteiger partial charge in [0.2, 0.25) is 0 Å². The first kappa shape index (κ1) is 14.2. The smallest absolute Gasteiger partial charge is 0.253 e. The van der Waals surface area contributed by atoms with E-state index in [0.717, 1.165) is 11.3 Å². The van der Waals surface area contributed by atoms with Crippen LogP contribution in [0.25, 0.3) is 0 Å². The number of thiophene rings is 1. The Morgan fingerprint density at radius 2 is 2.39 bits per heavy atom. The first-order valence-corrected chi connectivity index (χ1v) is 8.06. The topological polar surface area (TPSA) is 66.8 Å². The van der Waals surface area contributed by atoms with Gasteiger partial charge in [0.05, 0.1) is 10.4 Å². The van der Waals surface area contributed by atoms with Crippen molar-refractivity contribution < 1.29 is 18.3 Å². The number of hydrogen-bond donors (Lipinski definition) is 1. The third-order valence-electron chi connectivity index (χ3n) is 2.76. The van der Waals surface area contributed by atoms with Crippen molar-refractivity contribution in [3.63, 3.8) is 0 Å². The minimum Gasteiger partial charge on any atom is -0.387 e. The van der Waals surface area contributed by atoms with Crippen LogP contribution >= 0.6 is 22.9 Å². The van der Waals surface area contributed by atoms with Gasteiger partial charge in [0, 0.05) is 32.4 Å². The summed E-state index contributed by atoms with van der Waals surface area (Å²) in [4.78, 5) is 0. The van der Waals surface area contributed by atoms with Gasteiger partial charge in [-0.05, 0) is 12.5 Å². The number of aliphatic hydroxyl groups is 1. The molecule has 1 aliphatic heterocycles. The van der Waals surface area contributed by atoms with Crippen LogP contribution in [0.1, 0.15) is 18.1 Å². The summed E-state index contributed by atoms with van der Waals surface area (Å²) in [5.74, 6) is 0. The Bertz CT molecular complexity index is 528. The van der Waals surface area contributed by atoms with E-state index >= 15 is 0 Å². The summed E-state index contributed by atoms with van der Waals surface area (Å²) in [5, 5.41) is 9.94. The number of sulfonamides is 1. The minimum atomic E-state index is -3.52. The predicted octanol–water partition coefficient (Wildman–Crippen LogP) is 1.48. The van der Waals surface area contributed by atoms with Crippen LogP contribution in [0, 0.1) is 0 Å². The molecule has 0 saturated carbocycles. The number of β-amino-alcohol motifs (C(OH)–C–C–N with tert-alkyl or cyclic N) is 1. The molecule has 1 N–H and O–H groups in total. The second-order valence-corrected chi connectivity index (χ2v) is 7.84. The van der Waals surface area contributed by atoms with Gasteiger partial charge in [-0.15, -0.1) is 11.3 Å². The van der Waals surface area contributed by atoms with Crippen LogP contribution in [-0.2, 0) is 14.8 Å². The average molecular weight is 312 g/mol. The fourth-order valence-corrected chi connectivity index (χ4v) is 5.50. The summed E-state index contributed by atoms with van der Waals surface area (Å²) in [6, 6.07) is 1.52. The molecule has 0 radical (unpaired) electrons. The molecular formula is C10H14ClNO4S2. The van der Waals surface area contributed by atoms with E-state index in [2.05, 4.69) is 0 Å². The largest absolute Gasteiger partial charge is 0.387 e. The van der Waals surface area contributed by atoms with Crippen LogP contribution in [0.3, 0.4) is 0 Å². The van der Waals surface area contributed by atoms with Crippen molar-refractivity contribution in [1.82, 2.24) is 4.31 Å². The Balaban J connectivity index is 2.27. The summed E-state index contributed by atoms with van der Waals surface area (Å²) in [6.45, 7) is 0.897. The van der Waals surface area contributed by atoms with Crippen molar-refractivity contribution in [1.29, 1.82) is 0 Å². The Labute approximate surface area is 115 Å². The summed E-state index contributed by atoms with van der Waals surface area (Å²) < 4.78 is 31.3. The zero-order chi connectivity index (χ0) is 13.3. The highest BCUT2D eigenvalue weighted by molar-refractivity contribution is 7.91. The zero-order valence-electron chi connectivity index (χ0n) is 9.80. The number of methoxy groups -OCH3 is 1. The van der Waals surface area contributed by atoms with E-state index in [4.69, 9.17) is 16.3 Å². The molecule has 0 bridgehead atoms. The van der Waals surface area contributed by atoms with E-state index in [1.165, 1.54) is 10.4 Å². The molecule has 1 unspecified atom stereocenters. The molecule has 0 saturated heterocycles. The summed E-state index contributed by atoms with van der Waals surface area (Å²) >= 11 is 6.81. The second-order valence-electron chi connectivity index (χ2n) is 4.02. The lowest BCUT2D eigenvalue weighted by Gasteiger charge is -2.29. The predicted molar refractivity (Wildman–Crippen MR) is 69.5 cm³/mol. The van der Waals surface area contributed by atoms with Gasteiger partial charge in [0.1, 0.15) is 4.21 Å².